The monoisotopic (exact) mass is 299 g/mol. The molecule has 1 aromatic rings. The number of methoxy groups -OCH3 is 1. The SMILES string of the molecule is COC(=O)c1sc(NCCCN2CCOCC2)cc1N. The van der Waals surface area contributed by atoms with Crippen LogP contribution in [-0.4, -0.2) is 57.4 Å². The molecule has 2 rings (SSSR count). The maximum Gasteiger partial charge on any atom is 0.350 e. The molecule has 6 nitrogen and oxygen atoms in total. The zero-order valence-corrected chi connectivity index (χ0v) is 12.5. The highest BCUT2D eigenvalue weighted by molar-refractivity contribution is 7.18. The maximum absolute atomic E-state index is 11.4. The molecule has 0 radical (unpaired) electrons. The van der Waals surface area contributed by atoms with Gasteiger partial charge >= 0.3 is 5.97 Å². The Kier molecular flexibility index (Phi) is 5.63. The van der Waals surface area contributed by atoms with Crippen LogP contribution in [0, 0.1) is 0 Å². The second kappa shape index (κ2) is 7.47. The summed E-state index contributed by atoms with van der Waals surface area (Å²) in [7, 11) is 1.36. The van der Waals surface area contributed by atoms with Gasteiger partial charge in [-0.25, -0.2) is 4.79 Å². The largest absolute Gasteiger partial charge is 0.465 e. The molecule has 0 aromatic carbocycles. The molecule has 1 fully saturated rings. The molecule has 0 unspecified atom stereocenters. The quantitative estimate of drug-likeness (QED) is 0.608. The van der Waals surface area contributed by atoms with E-state index in [1.165, 1.54) is 18.4 Å². The fourth-order valence-corrected chi connectivity index (χ4v) is 3.01. The van der Waals surface area contributed by atoms with Gasteiger partial charge in [-0.2, -0.15) is 0 Å². The predicted octanol–water partition coefficient (Wildman–Crippen LogP) is 1.25. The summed E-state index contributed by atoms with van der Waals surface area (Å²) in [6, 6.07) is 1.78. The Bertz CT molecular complexity index is 444. The number of hydrogen-bond acceptors (Lipinski definition) is 7. The third-order valence-electron chi connectivity index (χ3n) is 3.19. The smallest absolute Gasteiger partial charge is 0.350 e. The molecule has 0 atom stereocenters. The average Bonchev–Trinajstić information content (AvgIpc) is 2.85. The third-order valence-corrected chi connectivity index (χ3v) is 4.27. The summed E-state index contributed by atoms with van der Waals surface area (Å²) in [6.45, 7) is 5.60. The van der Waals surface area contributed by atoms with E-state index in [9.17, 15) is 4.79 Å². The Morgan fingerprint density at radius 1 is 1.55 bits per heavy atom. The van der Waals surface area contributed by atoms with Crippen molar-refractivity contribution in [2.24, 2.45) is 0 Å². The Morgan fingerprint density at radius 3 is 3.00 bits per heavy atom. The summed E-state index contributed by atoms with van der Waals surface area (Å²) in [4.78, 5) is 14.3. The minimum Gasteiger partial charge on any atom is -0.465 e. The first-order valence-corrected chi connectivity index (χ1v) is 7.54. The van der Waals surface area contributed by atoms with E-state index in [1.54, 1.807) is 6.07 Å². The minimum absolute atomic E-state index is 0.381. The molecule has 1 aliphatic heterocycles. The Labute approximate surface area is 122 Å². The second-order valence-electron chi connectivity index (χ2n) is 4.62. The molecule has 112 valence electrons. The molecule has 0 amide bonds. The Hall–Kier alpha value is -1.31. The number of thiophene rings is 1. The number of rotatable bonds is 6. The first-order chi connectivity index (χ1) is 9.70. The summed E-state index contributed by atoms with van der Waals surface area (Å²) in [5.41, 5.74) is 6.26. The lowest BCUT2D eigenvalue weighted by Gasteiger charge is -2.26. The number of carbonyl (C=O) groups excluding carboxylic acids is 1. The Morgan fingerprint density at radius 2 is 2.30 bits per heavy atom. The highest BCUT2D eigenvalue weighted by Crippen LogP contribution is 2.29. The molecule has 7 heteroatoms. The van der Waals surface area contributed by atoms with Crippen LogP contribution in [-0.2, 0) is 9.47 Å². The molecule has 20 heavy (non-hydrogen) atoms. The van der Waals surface area contributed by atoms with Gasteiger partial charge < -0.3 is 20.5 Å². The van der Waals surface area contributed by atoms with Gasteiger partial charge in [0.1, 0.15) is 4.88 Å². The maximum atomic E-state index is 11.4. The van der Waals surface area contributed by atoms with Crippen LogP contribution in [0.5, 0.6) is 0 Å². The van der Waals surface area contributed by atoms with E-state index in [4.69, 9.17) is 10.5 Å². The molecule has 0 bridgehead atoms. The summed E-state index contributed by atoms with van der Waals surface area (Å²) in [5, 5.41) is 4.20. The van der Waals surface area contributed by atoms with Crippen LogP contribution in [0.3, 0.4) is 0 Å². The molecule has 2 heterocycles. The van der Waals surface area contributed by atoms with Gasteiger partial charge in [-0.3, -0.25) is 4.90 Å². The van der Waals surface area contributed by atoms with E-state index in [0.29, 0.717) is 10.6 Å². The summed E-state index contributed by atoms with van der Waals surface area (Å²) < 4.78 is 9.99. The van der Waals surface area contributed by atoms with Crippen LogP contribution in [0.25, 0.3) is 0 Å². The van der Waals surface area contributed by atoms with Crippen LogP contribution >= 0.6 is 11.3 Å². The molecule has 3 N–H and O–H groups in total. The van der Waals surface area contributed by atoms with Crippen LogP contribution in [0.15, 0.2) is 6.07 Å². The fourth-order valence-electron chi connectivity index (χ4n) is 2.08. The number of nitrogens with zero attached hydrogens (tertiary/aromatic N) is 1. The van der Waals surface area contributed by atoms with Crippen molar-refractivity contribution < 1.29 is 14.3 Å². The van der Waals surface area contributed by atoms with E-state index in [2.05, 4.69) is 15.0 Å². The predicted molar refractivity (Wildman–Crippen MR) is 80.4 cm³/mol. The van der Waals surface area contributed by atoms with Gasteiger partial charge in [0.25, 0.3) is 0 Å². The van der Waals surface area contributed by atoms with Gasteiger partial charge in [-0.15, -0.1) is 11.3 Å². The molecule has 1 aliphatic rings. The number of nitrogens with two attached hydrogens (primary N) is 1. The molecule has 0 saturated carbocycles. The van der Waals surface area contributed by atoms with E-state index in [-0.39, 0.29) is 5.97 Å². The van der Waals surface area contributed by atoms with Crippen molar-refractivity contribution in [1.82, 2.24) is 4.90 Å². The van der Waals surface area contributed by atoms with Crippen molar-refractivity contribution in [3.8, 4) is 0 Å². The van der Waals surface area contributed by atoms with Gasteiger partial charge in [0, 0.05) is 19.6 Å². The molecular formula is C13H21N3O3S. The number of anilines is 2. The van der Waals surface area contributed by atoms with Gasteiger partial charge in [0.05, 0.1) is 31.0 Å². The van der Waals surface area contributed by atoms with E-state index >= 15 is 0 Å². The van der Waals surface area contributed by atoms with Crippen LogP contribution in [0.2, 0.25) is 0 Å². The number of carbonyl (C=O) groups is 1. The minimum atomic E-state index is -0.381. The van der Waals surface area contributed by atoms with Gasteiger partial charge in [-0.1, -0.05) is 0 Å². The third kappa shape index (κ3) is 4.09. The number of nitrogen functional groups attached to an aromatic ring is 1. The van der Waals surface area contributed by atoms with Crippen molar-refractivity contribution in [2.75, 3.05) is 57.6 Å². The van der Waals surface area contributed by atoms with Crippen molar-refractivity contribution in [3.05, 3.63) is 10.9 Å². The average molecular weight is 299 g/mol. The Balaban J connectivity index is 1.72. The van der Waals surface area contributed by atoms with Crippen LogP contribution in [0.1, 0.15) is 16.1 Å². The van der Waals surface area contributed by atoms with E-state index in [0.717, 1.165) is 50.8 Å². The lowest BCUT2D eigenvalue weighted by Crippen LogP contribution is -2.37. The number of hydrogen-bond donors (Lipinski definition) is 2. The van der Waals surface area contributed by atoms with Gasteiger partial charge in [-0.05, 0) is 19.0 Å². The number of nitrogens with one attached hydrogen (secondary N) is 1. The highest BCUT2D eigenvalue weighted by atomic mass is 32.1. The molecule has 0 aliphatic carbocycles. The summed E-state index contributed by atoms with van der Waals surface area (Å²) in [6.07, 6.45) is 1.05. The van der Waals surface area contributed by atoms with Gasteiger partial charge in [0.2, 0.25) is 0 Å². The van der Waals surface area contributed by atoms with E-state index < -0.39 is 0 Å². The molecule has 0 spiro atoms. The number of morpholine rings is 1. The summed E-state index contributed by atoms with van der Waals surface area (Å²) in [5.74, 6) is -0.381. The lowest BCUT2D eigenvalue weighted by atomic mass is 10.3. The molecule has 1 aromatic heterocycles. The summed E-state index contributed by atoms with van der Waals surface area (Å²) >= 11 is 1.33. The number of ether oxygens (including phenoxy) is 2. The topological polar surface area (TPSA) is 76.8 Å². The molecular weight excluding hydrogens is 278 g/mol. The van der Waals surface area contributed by atoms with Crippen molar-refractivity contribution in [2.45, 2.75) is 6.42 Å². The van der Waals surface area contributed by atoms with E-state index in [1.807, 2.05) is 0 Å². The van der Waals surface area contributed by atoms with Crippen molar-refractivity contribution >= 4 is 28.0 Å². The second-order valence-corrected chi connectivity index (χ2v) is 5.67. The van der Waals surface area contributed by atoms with Crippen molar-refractivity contribution in [3.63, 3.8) is 0 Å². The highest BCUT2D eigenvalue weighted by Gasteiger charge is 2.14. The van der Waals surface area contributed by atoms with Crippen LogP contribution < -0.4 is 11.1 Å². The normalized spacial score (nSPS) is 16.1. The zero-order chi connectivity index (χ0) is 14.4. The van der Waals surface area contributed by atoms with Gasteiger partial charge in [0.15, 0.2) is 0 Å². The van der Waals surface area contributed by atoms with Crippen molar-refractivity contribution in [1.29, 1.82) is 0 Å². The lowest BCUT2D eigenvalue weighted by molar-refractivity contribution is 0.0378. The first-order valence-electron chi connectivity index (χ1n) is 6.72. The first kappa shape index (κ1) is 15.1. The zero-order valence-electron chi connectivity index (χ0n) is 11.7. The van der Waals surface area contributed by atoms with Crippen LogP contribution in [0.4, 0.5) is 10.7 Å². The molecule has 1 saturated heterocycles. The number of esters is 1. The fraction of sp³-hybridized carbons (Fsp3) is 0.615. The standard InChI is InChI=1S/C13H21N3O3S/c1-18-13(17)12-10(14)9-11(20-12)15-3-2-4-16-5-7-19-8-6-16/h9,15H,2-8,14H2,1H3.